The molecule has 0 spiro atoms. The first-order chi connectivity index (χ1) is 7.18. The average molecular weight is 211 g/mol. The minimum atomic E-state index is -0.830. The van der Waals surface area contributed by atoms with E-state index in [-0.39, 0.29) is 12.3 Å². The Morgan fingerprint density at radius 1 is 1.40 bits per heavy atom. The van der Waals surface area contributed by atoms with Crippen LogP contribution >= 0.6 is 0 Å². The molecule has 0 fully saturated rings. The second-order valence-corrected chi connectivity index (χ2v) is 3.12. The van der Waals surface area contributed by atoms with Crippen LogP contribution in [0.1, 0.15) is 25.7 Å². The molecule has 0 aliphatic carbocycles. The number of nitrogens with zero attached hydrogens (tertiary/aromatic N) is 1. The number of carbonyl (C=O) groups excluding carboxylic acids is 1. The molecular formula is C9H13N3O3. The van der Waals surface area contributed by atoms with E-state index in [0.29, 0.717) is 25.1 Å². The number of H-pyrrole nitrogens is 1. The highest BCUT2D eigenvalue weighted by atomic mass is 16.4. The van der Waals surface area contributed by atoms with Crippen LogP contribution in [0.3, 0.4) is 0 Å². The Kier molecular flexibility index (Phi) is 4.33. The molecule has 0 saturated heterocycles. The van der Waals surface area contributed by atoms with Crippen molar-refractivity contribution in [3.63, 3.8) is 0 Å². The molecule has 3 N–H and O–H groups in total. The lowest BCUT2D eigenvalue weighted by Gasteiger charge is -2.01. The lowest BCUT2D eigenvalue weighted by atomic mass is 10.2. The van der Waals surface area contributed by atoms with E-state index in [2.05, 4.69) is 15.5 Å². The topological polar surface area (TPSA) is 95.1 Å². The fraction of sp³-hybridized carbons (Fsp3) is 0.444. The largest absolute Gasteiger partial charge is 0.481 e. The maximum absolute atomic E-state index is 11.2. The minimum absolute atomic E-state index is 0.108. The highest BCUT2D eigenvalue weighted by Gasteiger charge is 2.03. The monoisotopic (exact) mass is 211 g/mol. The van der Waals surface area contributed by atoms with E-state index in [9.17, 15) is 9.59 Å². The molecule has 1 amide bonds. The van der Waals surface area contributed by atoms with Gasteiger partial charge in [0.05, 0.1) is 6.20 Å². The van der Waals surface area contributed by atoms with Crippen molar-refractivity contribution in [2.45, 2.75) is 25.7 Å². The number of carbonyl (C=O) groups is 2. The fourth-order valence-corrected chi connectivity index (χ4v) is 1.10. The highest BCUT2D eigenvalue weighted by Crippen LogP contribution is 2.03. The Balaban J connectivity index is 2.11. The number of rotatable bonds is 6. The fourth-order valence-electron chi connectivity index (χ4n) is 1.10. The molecule has 0 saturated carbocycles. The molecule has 82 valence electrons. The van der Waals surface area contributed by atoms with Gasteiger partial charge in [-0.1, -0.05) is 0 Å². The summed E-state index contributed by atoms with van der Waals surface area (Å²) < 4.78 is 0. The van der Waals surface area contributed by atoms with Crippen molar-refractivity contribution in [1.82, 2.24) is 10.2 Å². The number of unbranched alkanes of at least 4 members (excludes halogenated alkanes) is 1. The Hall–Kier alpha value is -1.85. The van der Waals surface area contributed by atoms with Crippen molar-refractivity contribution in [1.29, 1.82) is 0 Å². The van der Waals surface area contributed by atoms with Gasteiger partial charge in [0.15, 0.2) is 0 Å². The Labute approximate surface area is 86.7 Å². The van der Waals surface area contributed by atoms with E-state index in [1.165, 1.54) is 0 Å². The standard InChI is InChI=1S/C9H13N3O3/c13-8(3-1-2-4-9(14)15)11-7-5-6-10-12-7/h5-6H,1-4H2,(H,14,15)(H2,10,11,12,13). The summed E-state index contributed by atoms with van der Waals surface area (Å²) in [6.45, 7) is 0. The molecule has 6 heteroatoms. The number of carboxylic acid groups (broad SMARTS) is 1. The number of anilines is 1. The lowest BCUT2D eigenvalue weighted by Crippen LogP contribution is -2.11. The summed E-state index contributed by atoms with van der Waals surface area (Å²) >= 11 is 0. The molecule has 0 atom stereocenters. The third kappa shape index (κ3) is 4.80. The normalized spacial score (nSPS) is 9.87. The first-order valence-corrected chi connectivity index (χ1v) is 4.69. The van der Waals surface area contributed by atoms with E-state index in [0.717, 1.165) is 0 Å². The van der Waals surface area contributed by atoms with Crippen LogP contribution in [0.25, 0.3) is 0 Å². The molecular weight excluding hydrogens is 198 g/mol. The van der Waals surface area contributed by atoms with Crippen LogP contribution in [0.5, 0.6) is 0 Å². The van der Waals surface area contributed by atoms with Gasteiger partial charge < -0.3 is 10.4 Å². The van der Waals surface area contributed by atoms with Gasteiger partial charge in [-0.3, -0.25) is 14.7 Å². The lowest BCUT2D eigenvalue weighted by molar-refractivity contribution is -0.137. The van der Waals surface area contributed by atoms with Crippen LogP contribution in [0.2, 0.25) is 0 Å². The molecule has 0 radical (unpaired) electrons. The van der Waals surface area contributed by atoms with Crippen LogP contribution < -0.4 is 5.32 Å². The van der Waals surface area contributed by atoms with E-state index in [1.54, 1.807) is 12.3 Å². The van der Waals surface area contributed by atoms with Crippen LogP contribution in [0.4, 0.5) is 5.82 Å². The number of hydrogen-bond donors (Lipinski definition) is 3. The molecule has 1 heterocycles. The number of carboxylic acids is 1. The summed E-state index contributed by atoms with van der Waals surface area (Å²) in [5.74, 6) is -0.410. The second kappa shape index (κ2) is 5.79. The molecule has 1 aromatic rings. The zero-order chi connectivity index (χ0) is 11.1. The molecule has 6 nitrogen and oxygen atoms in total. The van der Waals surface area contributed by atoms with Gasteiger partial charge >= 0.3 is 5.97 Å². The molecule has 0 bridgehead atoms. The van der Waals surface area contributed by atoms with Crippen molar-refractivity contribution in [3.8, 4) is 0 Å². The quantitative estimate of drug-likeness (QED) is 0.611. The third-order valence-corrected chi connectivity index (χ3v) is 1.82. The number of amides is 1. The van der Waals surface area contributed by atoms with E-state index >= 15 is 0 Å². The average Bonchev–Trinajstić information content (AvgIpc) is 2.64. The van der Waals surface area contributed by atoms with E-state index in [4.69, 9.17) is 5.11 Å². The van der Waals surface area contributed by atoms with Crippen molar-refractivity contribution < 1.29 is 14.7 Å². The zero-order valence-corrected chi connectivity index (χ0v) is 8.19. The zero-order valence-electron chi connectivity index (χ0n) is 8.19. The van der Waals surface area contributed by atoms with Gasteiger partial charge in [-0.05, 0) is 12.8 Å². The Morgan fingerprint density at radius 3 is 2.73 bits per heavy atom. The SMILES string of the molecule is O=C(O)CCCCC(=O)Nc1ccn[nH]1. The van der Waals surface area contributed by atoms with Gasteiger partial charge in [0.25, 0.3) is 0 Å². The molecule has 15 heavy (non-hydrogen) atoms. The maximum Gasteiger partial charge on any atom is 0.303 e. The van der Waals surface area contributed by atoms with Crippen molar-refractivity contribution >= 4 is 17.7 Å². The summed E-state index contributed by atoms with van der Waals surface area (Å²) in [5.41, 5.74) is 0. The number of aliphatic carboxylic acids is 1. The molecule has 0 aliphatic heterocycles. The molecule has 1 aromatic heterocycles. The number of nitrogens with one attached hydrogen (secondary N) is 2. The first kappa shape index (κ1) is 11.2. The van der Waals surface area contributed by atoms with Gasteiger partial charge in [-0.15, -0.1) is 0 Å². The predicted molar refractivity (Wildman–Crippen MR) is 53.3 cm³/mol. The summed E-state index contributed by atoms with van der Waals surface area (Å²) in [5, 5.41) is 17.3. The van der Waals surface area contributed by atoms with Gasteiger partial charge in [-0.2, -0.15) is 5.10 Å². The summed E-state index contributed by atoms with van der Waals surface area (Å²) in [4.78, 5) is 21.4. The number of aromatic nitrogens is 2. The first-order valence-electron chi connectivity index (χ1n) is 4.69. The van der Waals surface area contributed by atoms with Gasteiger partial charge in [0, 0.05) is 18.9 Å². The van der Waals surface area contributed by atoms with Crippen LogP contribution in [0, 0.1) is 0 Å². The van der Waals surface area contributed by atoms with Crippen LogP contribution in [-0.4, -0.2) is 27.2 Å². The van der Waals surface area contributed by atoms with Crippen LogP contribution in [0.15, 0.2) is 12.3 Å². The summed E-state index contributed by atoms with van der Waals surface area (Å²) in [6.07, 6.45) is 3.07. The van der Waals surface area contributed by atoms with E-state index < -0.39 is 5.97 Å². The van der Waals surface area contributed by atoms with Gasteiger partial charge in [-0.25, -0.2) is 0 Å². The maximum atomic E-state index is 11.2. The summed E-state index contributed by atoms with van der Waals surface area (Å²) in [7, 11) is 0. The predicted octanol–water partition coefficient (Wildman–Crippen LogP) is 0.993. The Bertz CT molecular complexity index is 321. The van der Waals surface area contributed by atoms with E-state index in [1.807, 2.05) is 0 Å². The minimum Gasteiger partial charge on any atom is -0.481 e. The molecule has 0 aromatic carbocycles. The molecule has 0 unspecified atom stereocenters. The smallest absolute Gasteiger partial charge is 0.303 e. The molecule has 1 rings (SSSR count). The third-order valence-electron chi connectivity index (χ3n) is 1.82. The number of aromatic amines is 1. The highest BCUT2D eigenvalue weighted by molar-refractivity contribution is 5.89. The second-order valence-electron chi connectivity index (χ2n) is 3.12. The van der Waals surface area contributed by atoms with Crippen LogP contribution in [-0.2, 0) is 9.59 Å². The number of hydrogen-bond acceptors (Lipinski definition) is 3. The summed E-state index contributed by atoms with van der Waals surface area (Å²) in [6, 6.07) is 1.65. The van der Waals surface area contributed by atoms with Gasteiger partial charge in [0.1, 0.15) is 5.82 Å². The van der Waals surface area contributed by atoms with Crippen molar-refractivity contribution in [2.24, 2.45) is 0 Å². The molecule has 0 aliphatic rings. The Morgan fingerprint density at radius 2 is 2.13 bits per heavy atom. The van der Waals surface area contributed by atoms with Crippen molar-refractivity contribution in [2.75, 3.05) is 5.32 Å². The van der Waals surface area contributed by atoms with Gasteiger partial charge in [0.2, 0.25) is 5.91 Å². The van der Waals surface area contributed by atoms with Crippen molar-refractivity contribution in [3.05, 3.63) is 12.3 Å².